The third-order valence-electron chi connectivity index (χ3n) is 1.73. The molecule has 0 aliphatic carbocycles. The fourth-order valence-electron chi connectivity index (χ4n) is 1.13. The van der Waals surface area contributed by atoms with Gasteiger partial charge in [0.2, 0.25) is 0 Å². The fourth-order valence-corrected chi connectivity index (χ4v) is 1.83. The van der Waals surface area contributed by atoms with E-state index >= 15 is 0 Å². The Bertz CT molecular complexity index is 564. The van der Waals surface area contributed by atoms with Crippen LogP contribution in [0.15, 0.2) is 23.1 Å². The molecule has 1 aromatic rings. The molecule has 0 atom stereocenters. The molecule has 0 radical (unpaired) electrons. The van der Waals surface area contributed by atoms with E-state index in [1.165, 1.54) is 0 Å². The fraction of sp³-hybridized carbons (Fsp3) is 0. The van der Waals surface area contributed by atoms with E-state index in [2.05, 4.69) is 0 Å². The molecule has 10 heteroatoms. The summed E-state index contributed by atoms with van der Waals surface area (Å²) in [5.41, 5.74) is -2.01. The SMILES string of the molecule is O.O=C([O-])c1cccc(S(=O)(=O)O)c1C(=O)[O-].[Ca+2]. The molecule has 0 unspecified atom stereocenters. The zero-order valence-corrected chi connectivity index (χ0v) is 11.8. The largest absolute Gasteiger partial charge is 2.00 e. The smallest absolute Gasteiger partial charge is 0.545 e. The second-order valence-corrected chi connectivity index (χ2v) is 4.12. The Morgan fingerprint density at radius 1 is 1.11 bits per heavy atom. The van der Waals surface area contributed by atoms with Crippen molar-refractivity contribution in [2.75, 3.05) is 0 Å². The van der Waals surface area contributed by atoms with E-state index in [1.807, 2.05) is 0 Å². The van der Waals surface area contributed by atoms with Crippen LogP contribution >= 0.6 is 0 Å². The first-order valence-corrected chi connectivity index (χ1v) is 5.22. The molecule has 0 aliphatic rings. The summed E-state index contributed by atoms with van der Waals surface area (Å²) in [5, 5.41) is 21.1. The van der Waals surface area contributed by atoms with Crippen molar-refractivity contribution in [2.45, 2.75) is 4.90 Å². The van der Waals surface area contributed by atoms with E-state index in [0.717, 1.165) is 18.2 Å². The van der Waals surface area contributed by atoms with Gasteiger partial charge < -0.3 is 25.3 Å². The summed E-state index contributed by atoms with van der Waals surface area (Å²) in [7, 11) is -4.85. The van der Waals surface area contributed by atoms with Gasteiger partial charge >= 0.3 is 37.7 Å². The van der Waals surface area contributed by atoms with E-state index in [4.69, 9.17) is 4.55 Å². The molecule has 1 aromatic carbocycles. The van der Waals surface area contributed by atoms with Crippen molar-refractivity contribution in [1.82, 2.24) is 0 Å². The second-order valence-electron chi connectivity index (χ2n) is 2.73. The minimum Gasteiger partial charge on any atom is -0.545 e. The predicted octanol–water partition coefficient (Wildman–Crippen LogP) is -3.55. The number of benzene rings is 1. The molecule has 3 N–H and O–H groups in total. The molecule has 0 bridgehead atoms. The summed E-state index contributed by atoms with van der Waals surface area (Å²) in [6.07, 6.45) is 0. The normalized spacial score (nSPS) is 9.83. The first-order chi connectivity index (χ1) is 7.25. The third kappa shape index (κ3) is 4.19. The van der Waals surface area contributed by atoms with E-state index in [0.29, 0.717) is 0 Å². The molecule has 0 amide bonds. The number of carboxylic acid groups (broad SMARTS) is 2. The van der Waals surface area contributed by atoms with Crippen LogP contribution in [0.2, 0.25) is 0 Å². The van der Waals surface area contributed by atoms with Crippen LogP contribution in [0.1, 0.15) is 20.7 Å². The van der Waals surface area contributed by atoms with Gasteiger partial charge in [-0.05, 0) is 6.07 Å². The van der Waals surface area contributed by atoms with Gasteiger partial charge in [-0.25, -0.2) is 0 Å². The van der Waals surface area contributed by atoms with Gasteiger partial charge in [0.05, 0.1) is 11.9 Å². The molecule has 8 nitrogen and oxygen atoms in total. The van der Waals surface area contributed by atoms with Crippen LogP contribution in [0, 0.1) is 0 Å². The quantitative estimate of drug-likeness (QED) is 0.445. The zero-order valence-electron chi connectivity index (χ0n) is 8.74. The van der Waals surface area contributed by atoms with Gasteiger partial charge in [0.25, 0.3) is 10.1 Å². The third-order valence-corrected chi connectivity index (χ3v) is 2.62. The van der Waals surface area contributed by atoms with E-state index in [-0.39, 0.29) is 43.2 Å². The van der Waals surface area contributed by atoms with E-state index in [1.54, 1.807) is 0 Å². The Morgan fingerprint density at radius 3 is 1.94 bits per heavy atom. The first kappa shape index (κ1) is 19.6. The summed E-state index contributed by atoms with van der Waals surface area (Å²) in [6, 6.07) is 2.53. The monoisotopic (exact) mass is 302 g/mol. The second kappa shape index (κ2) is 7.02. The molecular formula is C8H6CaO8S. The molecule has 18 heavy (non-hydrogen) atoms. The summed E-state index contributed by atoms with van der Waals surface area (Å²) >= 11 is 0. The number of carboxylic acids is 2. The molecule has 0 saturated carbocycles. The van der Waals surface area contributed by atoms with Crippen LogP contribution in [0.3, 0.4) is 0 Å². The van der Waals surface area contributed by atoms with Gasteiger partial charge in [0, 0.05) is 11.1 Å². The summed E-state index contributed by atoms with van der Waals surface area (Å²) < 4.78 is 30.3. The van der Waals surface area contributed by atoms with Crippen molar-refractivity contribution in [3.63, 3.8) is 0 Å². The van der Waals surface area contributed by atoms with Crippen LogP contribution in [0.25, 0.3) is 0 Å². The first-order valence-electron chi connectivity index (χ1n) is 3.78. The Balaban J connectivity index is 0. The summed E-state index contributed by atoms with van der Waals surface area (Å²) in [4.78, 5) is 20.1. The Kier molecular flexibility index (Phi) is 7.65. The number of carbonyl (C=O) groups excluding carboxylic acids is 2. The number of rotatable bonds is 3. The maximum absolute atomic E-state index is 10.8. The molecular weight excluding hydrogens is 296 g/mol. The average molecular weight is 302 g/mol. The topological polar surface area (TPSA) is 166 Å². The van der Waals surface area contributed by atoms with Crippen molar-refractivity contribution >= 4 is 59.8 Å². The van der Waals surface area contributed by atoms with Crippen molar-refractivity contribution in [2.24, 2.45) is 0 Å². The van der Waals surface area contributed by atoms with Gasteiger partial charge in [-0.15, -0.1) is 0 Å². The predicted molar refractivity (Wildman–Crippen MR) is 54.3 cm³/mol. The van der Waals surface area contributed by atoms with Crippen LogP contribution in [0.5, 0.6) is 0 Å². The van der Waals surface area contributed by atoms with Crippen LogP contribution in [-0.2, 0) is 10.1 Å². The number of aromatic carboxylic acids is 2. The number of hydrogen-bond acceptors (Lipinski definition) is 6. The minimum absolute atomic E-state index is 0. The number of carbonyl (C=O) groups is 2. The Morgan fingerprint density at radius 2 is 1.61 bits per heavy atom. The maximum atomic E-state index is 10.8. The van der Waals surface area contributed by atoms with Crippen molar-refractivity contribution in [1.29, 1.82) is 0 Å². The minimum atomic E-state index is -4.85. The summed E-state index contributed by atoms with van der Waals surface area (Å²) in [6.45, 7) is 0. The molecule has 1 rings (SSSR count). The Hall–Kier alpha value is -0.710. The molecule has 0 spiro atoms. The maximum Gasteiger partial charge on any atom is 2.00 e. The summed E-state index contributed by atoms with van der Waals surface area (Å²) in [5.74, 6) is -3.92. The van der Waals surface area contributed by atoms with Crippen LogP contribution in [0.4, 0.5) is 0 Å². The molecule has 0 fully saturated rings. The zero-order chi connectivity index (χ0) is 12.5. The Labute approximate surface area is 131 Å². The van der Waals surface area contributed by atoms with E-state index in [9.17, 15) is 28.2 Å². The van der Waals surface area contributed by atoms with Gasteiger partial charge in [-0.2, -0.15) is 8.42 Å². The van der Waals surface area contributed by atoms with Crippen LogP contribution < -0.4 is 10.2 Å². The standard InChI is InChI=1S/C8H6O7S.Ca.H2O/c9-7(10)4-2-1-3-5(16(13,14)15)6(4)8(11)12;;/h1-3H,(H,9,10)(H,11,12)(H,13,14,15);;1H2/q;+2;/p-2. The average Bonchev–Trinajstić information content (AvgIpc) is 2.14. The molecule has 94 valence electrons. The van der Waals surface area contributed by atoms with Gasteiger partial charge in [0.1, 0.15) is 4.90 Å². The molecule has 0 aromatic heterocycles. The van der Waals surface area contributed by atoms with Crippen molar-refractivity contribution in [3.05, 3.63) is 29.3 Å². The van der Waals surface area contributed by atoms with Crippen molar-refractivity contribution in [3.8, 4) is 0 Å². The molecule has 0 saturated heterocycles. The van der Waals surface area contributed by atoms with Gasteiger partial charge in [0.15, 0.2) is 0 Å². The van der Waals surface area contributed by atoms with Gasteiger partial charge in [-0.3, -0.25) is 4.55 Å². The molecule has 0 heterocycles. The van der Waals surface area contributed by atoms with Crippen LogP contribution in [-0.4, -0.2) is 68.1 Å². The molecule has 0 aliphatic heterocycles. The van der Waals surface area contributed by atoms with Gasteiger partial charge in [-0.1, -0.05) is 12.1 Å². The van der Waals surface area contributed by atoms with E-state index < -0.39 is 38.1 Å². The van der Waals surface area contributed by atoms with Crippen molar-refractivity contribution < 1.29 is 38.2 Å². The number of hydrogen-bond donors (Lipinski definition) is 1.